The summed E-state index contributed by atoms with van der Waals surface area (Å²) in [7, 11) is 0. The van der Waals surface area contributed by atoms with E-state index in [9.17, 15) is 4.79 Å². The normalized spacial score (nSPS) is 18.1. The second-order valence-corrected chi connectivity index (χ2v) is 6.97. The minimum Gasteiger partial charge on any atom is -0.351 e. The van der Waals surface area contributed by atoms with Crippen molar-refractivity contribution in [2.45, 2.75) is 39.0 Å². The fourth-order valence-corrected chi connectivity index (χ4v) is 3.24. The third-order valence-electron chi connectivity index (χ3n) is 3.91. The lowest BCUT2D eigenvalue weighted by Gasteiger charge is -2.33. The van der Waals surface area contributed by atoms with Crippen LogP contribution < -0.4 is 5.32 Å². The van der Waals surface area contributed by atoms with Gasteiger partial charge in [0.2, 0.25) is 0 Å². The molecule has 1 aliphatic carbocycles. The third-order valence-corrected chi connectivity index (χ3v) is 4.84. The van der Waals surface area contributed by atoms with Crippen LogP contribution in [0.4, 0.5) is 0 Å². The van der Waals surface area contributed by atoms with Crippen molar-refractivity contribution in [3.8, 4) is 0 Å². The molecule has 0 radical (unpaired) electrons. The third kappa shape index (κ3) is 3.96. The van der Waals surface area contributed by atoms with Crippen molar-refractivity contribution in [1.29, 1.82) is 0 Å². The predicted molar refractivity (Wildman–Crippen MR) is 82.7 cm³/mol. The van der Waals surface area contributed by atoms with Crippen LogP contribution in [-0.2, 0) is 0 Å². The molecule has 19 heavy (non-hydrogen) atoms. The van der Waals surface area contributed by atoms with E-state index in [2.05, 4.69) is 28.2 Å². The van der Waals surface area contributed by atoms with E-state index in [-0.39, 0.29) is 11.3 Å². The summed E-state index contributed by atoms with van der Waals surface area (Å²) in [5, 5.41) is 3.63. The van der Waals surface area contributed by atoms with Gasteiger partial charge in [-0.15, -0.1) is 0 Å². The van der Waals surface area contributed by atoms with Crippen molar-refractivity contribution in [2.24, 2.45) is 5.41 Å². The zero-order chi connectivity index (χ0) is 13.9. The maximum absolute atomic E-state index is 12.2. The van der Waals surface area contributed by atoms with E-state index in [1.165, 1.54) is 32.1 Å². The summed E-state index contributed by atoms with van der Waals surface area (Å²) in [6.07, 6.45) is 6.26. The Kier molecular flexibility index (Phi) is 4.91. The number of halogens is 2. The van der Waals surface area contributed by atoms with E-state index in [1.807, 2.05) is 0 Å². The minimum absolute atomic E-state index is 0.0545. The number of nitrogens with one attached hydrogen (secondary N) is 1. The lowest BCUT2D eigenvalue weighted by Crippen LogP contribution is -2.37. The average molecular weight is 345 g/mol. The summed E-state index contributed by atoms with van der Waals surface area (Å²) >= 11 is 9.33. The maximum atomic E-state index is 12.2. The molecule has 0 unspecified atom stereocenters. The van der Waals surface area contributed by atoms with Gasteiger partial charge in [-0.1, -0.05) is 37.8 Å². The van der Waals surface area contributed by atoms with Gasteiger partial charge in [-0.3, -0.25) is 4.79 Å². The van der Waals surface area contributed by atoms with E-state index in [4.69, 9.17) is 11.6 Å². The van der Waals surface area contributed by atoms with Gasteiger partial charge in [0, 0.05) is 16.0 Å². The Morgan fingerprint density at radius 1 is 1.37 bits per heavy atom. The monoisotopic (exact) mass is 343 g/mol. The summed E-state index contributed by atoms with van der Waals surface area (Å²) in [5.74, 6) is -0.0545. The van der Waals surface area contributed by atoms with E-state index in [0.29, 0.717) is 10.6 Å². The lowest BCUT2D eigenvalue weighted by atomic mass is 9.76. The molecule has 1 N–H and O–H groups in total. The second kappa shape index (κ2) is 6.27. The van der Waals surface area contributed by atoms with Gasteiger partial charge < -0.3 is 5.32 Å². The van der Waals surface area contributed by atoms with Crippen molar-refractivity contribution >= 4 is 33.4 Å². The molecule has 0 aliphatic heterocycles. The minimum atomic E-state index is -0.0545. The van der Waals surface area contributed by atoms with Crippen LogP contribution in [0.3, 0.4) is 0 Å². The Labute approximate surface area is 128 Å². The molecule has 4 heteroatoms. The lowest BCUT2D eigenvalue weighted by molar-refractivity contribution is 0.0918. The Bertz CT molecular complexity index is 469. The molecule has 1 amide bonds. The van der Waals surface area contributed by atoms with Crippen molar-refractivity contribution in [3.63, 3.8) is 0 Å². The Balaban J connectivity index is 1.99. The highest BCUT2D eigenvalue weighted by atomic mass is 79.9. The maximum Gasteiger partial charge on any atom is 0.252 e. The molecule has 0 saturated heterocycles. The molecule has 104 valence electrons. The fraction of sp³-hybridized carbons (Fsp3) is 0.533. The van der Waals surface area contributed by atoms with Crippen LogP contribution in [0.25, 0.3) is 0 Å². The quantitative estimate of drug-likeness (QED) is 0.838. The van der Waals surface area contributed by atoms with Crippen LogP contribution in [0.1, 0.15) is 49.4 Å². The van der Waals surface area contributed by atoms with Gasteiger partial charge in [-0.2, -0.15) is 0 Å². The van der Waals surface area contributed by atoms with Gasteiger partial charge >= 0.3 is 0 Å². The number of carbonyl (C=O) groups is 1. The van der Waals surface area contributed by atoms with Crippen molar-refractivity contribution < 1.29 is 4.79 Å². The van der Waals surface area contributed by atoms with E-state index in [0.717, 1.165) is 11.0 Å². The molecule has 2 nitrogen and oxygen atoms in total. The van der Waals surface area contributed by atoms with Gasteiger partial charge in [0.05, 0.1) is 5.56 Å². The van der Waals surface area contributed by atoms with E-state index >= 15 is 0 Å². The standard InChI is InChI=1S/C15H19BrClNO/c1-15(7-3-2-4-8-15)10-18-14(19)12-9-11(17)5-6-13(12)16/h5-6,9H,2-4,7-8,10H2,1H3,(H,18,19). The summed E-state index contributed by atoms with van der Waals surface area (Å²) in [5.41, 5.74) is 0.853. The van der Waals surface area contributed by atoms with Crippen LogP contribution in [0, 0.1) is 5.41 Å². The van der Waals surface area contributed by atoms with Crippen molar-refractivity contribution in [3.05, 3.63) is 33.3 Å². The topological polar surface area (TPSA) is 29.1 Å². The first kappa shape index (κ1) is 14.9. The second-order valence-electron chi connectivity index (χ2n) is 5.68. The van der Waals surface area contributed by atoms with Crippen molar-refractivity contribution in [1.82, 2.24) is 5.32 Å². The molecule has 2 rings (SSSR count). The molecule has 1 fully saturated rings. The molecule has 1 aliphatic rings. The SMILES string of the molecule is CC1(CNC(=O)c2cc(Cl)ccc2Br)CCCCC1. The summed E-state index contributed by atoms with van der Waals surface area (Å²) in [6.45, 7) is 3.00. The van der Waals surface area contributed by atoms with Gasteiger partial charge in [0.1, 0.15) is 0 Å². The molecule has 0 atom stereocenters. The smallest absolute Gasteiger partial charge is 0.252 e. The highest BCUT2D eigenvalue weighted by Gasteiger charge is 2.27. The molecular formula is C15H19BrClNO. The van der Waals surface area contributed by atoms with Crippen LogP contribution in [-0.4, -0.2) is 12.5 Å². The highest BCUT2D eigenvalue weighted by Crippen LogP contribution is 2.35. The van der Waals surface area contributed by atoms with Crippen LogP contribution >= 0.6 is 27.5 Å². The Morgan fingerprint density at radius 3 is 2.74 bits per heavy atom. The molecular weight excluding hydrogens is 326 g/mol. The summed E-state index contributed by atoms with van der Waals surface area (Å²) < 4.78 is 0.781. The summed E-state index contributed by atoms with van der Waals surface area (Å²) in [4.78, 5) is 12.2. The molecule has 0 aromatic heterocycles. The number of hydrogen-bond donors (Lipinski definition) is 1. The zero-order valence-electron chi connectivity index (χ0n) is 11.1. The first-order valence-corrected chi connectivity index (χ1v) is 7.91. The largest absolute Gasteiger partial charge is 0.351 e. The molecule has 1 saturated carbocycles. The van der Waals surface area contributed by atoms with Gasteiger partial charge in [0.25, 0.3) is 5.91 Å². The fourth-order valence-electron chi connectivity index (χ4n) is 2.64. The predicted octanol–water partition coefficient (Wildman–Crippen LogP) is 4.80. The zero-order valence-corrected chi connectivity index (χ0v) is 13.5. The molecule has 1 aromatic carbocycles. The Morgan fingerprint density at radius 2 is 2.05 bits per heavy atom. The van der Waals surface area contributed by atoms with Gasteiger partial charge in [-0.25, -0.2) is 0 Å². The van der Waals surface area contributed by atoms with E-state index < -0.39 is 0 Å². The average Bonchev–Trinajstić information content (AvgIpc) is 2.40. The number of hydrogen-bond acceptors (Lipinski definition) is 1. The summed E-state index contributed by atoms with van der Waals surface area (Å²) in [6, 6.07) is 5.27. The molecule has 0 spiro atoms. The van der Waals surface area contributed by atoms with Crippen LogP contribution in [0.2, 0.25) is 5.02 Å². The first-order chi connectivity index (χ1) is 9.00. The number of amides is 1. The first-order valence-electron chi connectivity index (χ1n) is 6.73. The van der Waals surface area contributed by atoms with Gasteiger partial charge in [-0.05, 0) is 52.4 Å². The Hall–Kier alpha value is -0.540. The van der Waals surface area contributed by atoms with E-state index in [1.54, 1.807) is 18.2 Å². The highest BCUT2D eigenvalue weighted by molar-refractivity contribution is 9.10. The number of benzene rings is 1. The molecule has 0 heterocycles. The van der Waals surface area contributed by atoms with Crippen LogP contribution in [0.15, 0.2) is 22.7 Å². The number of carbonyl (C=O) groups excluding carboxylic acids is 1. The van der Waals surface area contributed by atoms with Crippen molar-refractivity contribution in [2.75, 3.05) is 6.54 Å². The van der Waals surface area contributed by atoms with Crippen LogP contribution in [0.5, 0.6) is 0 Å². The molecule has 0 bridgehead atoms. The molecule has 1 aromatic rings. The van der Waals surface area contributed by atoms with Gasteiger partial charge in [0.15, 0.2) is 0 Å². The number of rotatable bonds is 3.